The van der Waals surface area contributed by atoms with E-state index in [-0.39, 0.29) is 18.8 Å². The van der Waals surface area contributed by atoms with Gasteiger partial charge < -0.3 is 10.3 Å². The molecular formula is C19H16F3N7O2S. The standard InChI is InChI=1S/C19H16F3N7O2S/c20-12(5-7-28-32(30)31)10-3-4-13(21)16(14(10)22)29-18-11(2-1-6-23-18)15-17-19(26-8-24-15)27-9-25-17/h1-4,6,8-9,12,28H,5,7H2,(H,23,29)(H,30,31)(H,24,25,26,27). The lowest BCUT2D eigenvalue weighted by molar-refractivity contribution is 0.314. The average Bonchev–Trinajstić information content (AvgIpc) is 3.26. The molecule has 2 atom stereocenters. The molecular weight excluding hydrogens is 447 g/mol. The molecule has 0 saturated heterocycles. The number of halogens is 3. The van der Waals surface area contributed by atoms with Crippen LogP contribution in [0.2, 0.25) is 0 Å². The highest BCUT2D eigenvalue weighted by atomic mass is 32.2. The number of hydrogen-bond donors (Lipinski definition) is 4. The van der Waals surface area contributed by atoms with Crippen LogP contribution < -0.4 is 10.0 Å². The van der Waals surface area contributed by atoms with E-state index in [9.17, 15) is 13.0 Å². The van der Waals surface area contributed by atoms with E-state index >= 15 is 4.39 Å². The molecule has 32 heavy (non-hydrogen) atoms. The Labute approximate surface area is 182 Å². The summed E-state index contributed by atoms with van der Waals surface area (Å²) >= 11 is -2.31. The quantitative estimate of drug-likeness (QED) is 0.294. The molecule has 0 radical (unpaired) electrons. The van der Waals surface area contributed by atoms with Gasteiger partial charge in [0.1, 0.15) is 41.0 Å². The summed E-state index contributed by atoms with van der Waals surface area (Å²) in [5, 5.41) is 2.61. The van der Waals surface area contributed by atoms with E-state index in [1.807, 2.05) is 0 Å². The maximum Gasteiger partial charge on any atom is 0.231 e. The average molecular weight is 463 g/mol. The molecule has 4 aromatic rings. The molecule has 4 N–H and O–H groups in total. The molecule has 3 heterocycles. The van der Waals surface area contributed by atoms with Gasteiger partial charge in [-0.3, -0.25) is 4.55 Å². The maximum atomic E-state index is 15.1. The van der Waals surface area contributed by atoms with Crippen molar-refractivity contribution in [2.24, 2.45) is 0 Å². The number of pyridine rings is 1. The Kier molecular flexibility index (Phi) is 6.39. The normalized spacial score (nSPS) is 13.2. The highest BCUT2D eigenvalue weighted by Crippen LogP contribution is 2.35. The number of imidazole rings is 1. The fourth-order valence-electron chi connectivity index (χ4n) is 3.14. The van der Waals surface area contributed by atoms with Gasteiger partial charge >= 0.3 is 0 Å². The van der Waals surface area contributed by atoms with Gasteiger partial charge in [0.25, 0.3) is 0 Å². The Balaban J connectivity index is 1.68. The highest BCUT2D eigenvalue weighted by molar-refractivity contribution is 7.77. The summed E-state index contributed by atoms with van der Waals surface area (Å²) < 4.78 is 65.5. The topological polar surface area (TPSA) is 129 Å². The fourth-order valence-corrected chi connectivity index (χ4v) is 3.43. The highest BCUT2D eigenvalue weighted by Gasteiger charge is 2.22. The van der Waals surface area contributed by atoms with Crippen molar-refractivity contribution in [1.82, 2.24) is 29.6 Å². The molecule has 3 aromatic heterocycles. The molecule has 0 spiro atoms. The van der Waals surface area contributed by atoms with Crippen LogP contribution in [0.15, 0.2) is 43.1 Å². The smallest absolute Gasteiger partial charge is 0.231 e. The number of rotatable bonds is 8. The van der Waals surface area contributed by atoms with E-state index < -0.39 is 40.3 Å². The number of aromatic nitrogens is 5. The summed E-state index contributed by atoms with van der Waals surface area (Å²) in [6, 6.07) is 5.21. The van der Waals surface area contributed by atoms with Crippen LogP contribution >= 0.6 is 0 Å². The molecule has 4 rings (SSSR count). The van der Waals surface area contributed by atoms with Crippen molar-refractivity contribution in [3.63, 3.8) is 0 Å². The Morgan fingerprint density at radius 2 is 2.00 bits per heavy atom. The number of anilines is 2. The molecule has 13 heteroatoms. The SMILES string of the molecule is O=S(O)NCCC(F)c1ccc(F)c(Nc2ncccc2-c2ncnc3nc[nH]c23)c1F. The molecule has 0 aliphatic heterocycles. The van der Waals surface area contributed by atoms with E-state index in [2.05, 4.69) is 35.0 Å². The number of fused-ring (bicyclic) bond motifs is 1. The van der Waals surface area contributed by atoms with Gasteiger partial charge in [0.2, 0.25) is 11.3 Å². The molecule has 0 aliphatic rings. The molecule has 9 nitrogen and oxygen atoms in total. The summed E-state index contributed by atoms with van der Waals surface area (Å²) in [7, 11) is 0. The molecule has 0 aliphatic carbocycles. The van der Waals surface area contributed by atoms with Gasteiger partial charge in [0.05, 0.1) is 6.33 Å². The maximum absolute atomic E-state index is 15.1. The second-order valence-electron chi connectivity index (χ2n) is 6.57. The van der Waals surface area contributed by atoms with Crippen LogP contribution in [-0.4, -0.2) is 40.2 Å². The van der Waals surface area contributed by atoms with Crippen molar-refractivity contribution in [2.75, 3.05) is 11.9 Å². The summed E-state index contributed by atoms with van der Waals surface area (Å²) in [6.07, 6.45) is 2.05. The van der Waals surface area contributed by atoms with Gasteiger partial charge in [-0.05, 0) is 24.6 Å². The first-order chi connectivity index (χ1) is 15.5. The number of H-pyrrole nitrogens is 1. The molecule has 1 aromatic carbocycles. The van der Waals surface area contributed by atoms with Gasteiger partial charge in [-0.1, -0.05) is 6.07 Å². The lowest BCUT2D eigenvalue weighted by Gasteiger charge is -2.16. The molecule has 0 fully saturated rings. The molecule has 0 bridgehead atoms. The first-order valence-electron chi connectivity index (χ1n) is 9.28. The Morgan fingerprint density at radius 3 is 2.81 bits per heavy atom. The molecule has 0 saturated carbocycles. The minimum absolute atomic E-state index is 0.0878. The van der Waals surface area contributed by atoms with Gasteiger partial charge in [-0.15, -0.1) is 0 Å². The van der Waals surface area contributed by atoms with Crippen molar-refractivity contribution >= 4 is 33.9 Å². The lowest BCUT2D eigenvalue weighted by Crippen LogP contribution is -2.19. The molecule has 166 valence electrons. The predicted octanol–water partition coefficient (Wildman–Crippen LogP) is 3.56. The van der Waals surface area contributed by atoms with Crippen LogP contribution in [0.3, 0.4) is 0 Å². The minimum atomic E-state index is -2.31. The number of nitrogens with one attached hydrogen (secondary N) is 3. The number of benzene rings is 1. The fraction of sp³-hybridized carbons (Fsp3) is 0.158. The van der Waals surface area contributed by atoms with Crippen LogP contribution in [0.5, 0.6) is 0 Å². The van der Waals surface area contributed by atoms with E-state index in [4.69, 9.17) is 4.55 Å². The third kappa shape index (κ3) is 4.44. The van der Waals surface area contributed by atoms with E-state index in [0.717, 1.165) is 12.1 Å². The van der Waals surface area contributed by atoms with E-state index in [1.165, 1.54) is 18.9 Å². The van der Waals surface area contributed by atoms with Crippen molar-refractivity contribution < 1.29 is 21.9 Å². The zero-order chi connectivity index (χ0) is 22.7. The minimum Gasteiger partial charge on any atom is -0.341 e. The third-order valence-electron chi connectivity index (χ3n) is 4.61. The Bertz CT molecular complexity index is 1290. The molecule has 2 unspecified atom stereocenters. The van der Waals surface area contributed by atoms with Gasteiger partial charge in [-0.2, -0.15) is 0 Å². The van der Waals surface area contributed by atoms with Crippen LogP contribution in [0.25, 0.3) is 22.4 Å². The van der Waals surface area contributed by atoms with Crippen LogP contribution in [0, 0.1) is 11.6 Å². The van der Waals surface area contributed by atoms with Gasteiger partial charge in [-0.25, -0.2) is 42.0 Å². The van der Waals surface area contributed by atoms with Gasteiger partial charge in [0, 0.05) is 23.9 Å². The van der Waals surface area contributed by atoms with Crippen LogP contribution in [0.1, 0.15) is 18.2 Å². The van der Waals surface area contributed by atoms with Crippen molar-refractivity contribution in [1.29, 1.82) is 0 Å². The van der Waals surface area contributed by atoms with Crippen LogP contribution in [-0.2, 0) is 11.3 Å². The zero-order valence-corrected chi connectivity index (χ0v) is 17.0. The monoisotopic (exact) mass is 463 g/mol. The number of nitrogens with zero attached hydrogens (tertiary/aromatic N) is 4. The first kappa shape index (κ1) is 21.8. The second kappa shape index (κ2) is 9.38. The predicted molar refractivity (Wildman–Crippen MR) is 112 cm³/mol. The Morgan fingerprint density at radius 1 is 1.16 bits per heavy atom. The number of hydrogen-bond acceptors (Lipinski definition) is 6. The summed E-state index contributed by atoms with van der Waals surface area (Å²) in [5.41, 5.74) is 0.762. The van der Waals surface area contributed by atoms with Gasteiger partial charge in [0.15, 0.2) is 11.5 Å². The summed E-state index contributed by atoms with van der Waals surface area (Å²) in [5.74, 6) is -1.99. The lowest BCUT2D eigenvalue weighted by atomic mass is 10.1. The van der Waals surface area contributed by atoms with Crippen LogP contribution in [0.4, 0.5) is 24.7 Å². The summed E-state index contributed by atoms with van der Waals surface area (Å²) in [4.78, 5) is 19.4. The van der Waals surface area contributed by atoms with Crippen molar-refractivity contribution in [3.8, 4) is 11.3 Å². The third-order valence-corrected chi connectivity index (χ3v) is 5.06. The Hall–Kier alpha value is -3.42. The van der Waals surface area contributed by atoms with Crippen molar-refractivity contribution in [3.05, 3.63) is 60.3 Å². The second-order valence-corrected chi connectivity index (χ2v) is 7.36. The molecule has 0 amide bonds. The largest absolute Gasteiger partial charge is 0.341 e. The zero-order valence-electron chi connectivity index (χ0n) is 16.2. The van der Waals surface area contributed by atoms with E-state index in [0.29, 0.717) is 22.4 Å². The van der Waals surface area contributed by atoms with Crippen molar-refractivity contribution in [2.45, 2.75) is 12.6 Å². The number of aromatic amines is 1. The number of alkyl halides is 1. The first-order valence-corrected chi connectivity index (χ1v) is 10.4. The summed E-state index contributed by atoms with van der Waals surface area (Å²) in [6.45, 7) is -0.178. The van der Waals surface area contributed by atoms with E-state index in [1.54, 1.807) is 12.1 Å².